The fourth-order valence-electron chi connectivity index (χ4n) is 2.79. The van der Waals surface area contributed by atoms with Gasteiger partial charge in [-0.05, 0) is 23.7 Å². The lowest BCUT2D eigenvalue weighted by Crippen LogP contribution is -2.31. The number of hydrogen-bond acceptors (Lipinski definition) is 3. The highest BCUT2D eigenvalue weighted by Crippen LogP contribution is 2.28. The first-order chi connectivity index (χ1) is 8.83. The molecule has 0 amide bonds. The molecular weight excluding hydrogens is 240 g/mol. The van der Waals surface area contributed by atoms with Gasteiger partial charge in [-0.3, -0.25) is 9.88 Å². The van der Waals surface area contributed by atoms with E-state index >= 15 is 0 Å². The Hall–Kier alpha value is -1.06. The summed E-state index contributed by atoms with van der Waals surface area (Å²) in [5.41, 5.74) is 5.18. The van der Waals surface area contributed by atoms with Crippen LogP contribution in [0.4, 0.5) is 0 Å². The highest BCUT2D eigenvalue weighted by Gasteiger charge is 2.20. The van der Waals surface area contributed by atoms with Gasteiger partial charge in [-0.2, -0.15) is 12.6 Å². The molecule has 0 bridgehead atoms. The number of rotatable bonds is 2. The molecule has 1 aliphatic rings. The van der Waals surface area contributed by atoms with Crippen molar-refractivity contribution in [1.29, 1.82) is 0 Å². The lowest BCUT2D eigenvalue weighted by Gasteiger charge is -2.29. The van der Waals surface area contributed by atoms with Crippen LogP contribution in [0.25, 0.3) is 10.9 Å². The van der Waals surface area contributed by atoms with Gasteiger partial charge < -0.3 is 0 Å². The van der Waals surface area contributed by atoms with Gasteiger partial charge in [0.1, 0.15) is 0 Å². The molecule has 2 aromatic rings. The van der Waals surface area contributed by atoms with E-state index < -0.39 is 0 Å². The summed E-state index contributed by atoms with van der Waals surface area (Å²) in [6.07, 6.45) is 1.06. The average Bonchev–Trinajstić information content (AvgIpc) is 2.44. The topological polar surface area (TPSA) is 16.1 Å². The monoisotopic (exact) mass is 258 g/mol. The van der Waals surface area contributed by atoms with E-state index in [9.17, 15) is 0 Å². The molecule has 0 saturated heterocycles. The van der Waals surface area contributed by atoms with Gasteiger partial charge in [0.2, 0.25) is 0 Å². The Bertz CT molecular complexity index is 580. The Morgan fingerprint density at radius 3 is 2.94 bits per heavy atom. The lowest BCUT2D eigenvalue weighted by molar-refractivity contribution is 0.265. The van der Waals surface area contributed by atoms with Crippen LogP contribution in [0.2, 0.25) is 0 Å². The van der Waals surface area contributed by atoms with E-state index in [0.717, 1.165) is 37.3 Å². The first kappa shape index (κ1) is 12.0. The van der Waals surface area contributed by atoms with Gasteiger partial charge in [-0.25, -0.2) is 0 Å². The summed E-state index contributed by atoms with van der Waals surface area (Å²) in [7, 11) is 0. The van der Waals surface area contributed by atoms with Gasteiger partial charge in [0, 0.05) is 36.3 Å². The smallest absolute Gasteiger partial charge is 0.0708 e. The summed E-state index contributed by atoms with van der Waals surface area (Å²) in [6.45, 7) is 5.48. The standard InChI is InChI=1S/C15H18N2S/c1-2-17-8-7-15-12(9-17)13(10-18)11-5-3-4-6-14(11)16-15/h3-6,18H,2,7-10H2,1H3. The molecular formula is C15H18N2S. The molecule has 0 radical (unpaired) electrons. The molecule has 2 nitrogen and oxygen atoms in total. The SMILES string of the molecule is CCN1CCc2nc3ccccc3c(CS)c2C1. The molecule has 1 aromatic carbocycles. The zero-order chi connectivity index (χ0) is 12.5. The Morgan fingerprint density at radius 2 is 2.17 bits per heavy atom. The number of nitrogens with zero attached hydrogens (tertiary/aromatic N) is 2. The molecule has 0 unspecified atom stereocenters. The van der Waals surface area contributed by atoms with E-state index in [0.29, 0.717) is 0 Å². The quantitative estimate of drug-likeness (QED) is 0.833. The second-order valence-electron chi connectivity index (χ2n) is 4.81. The number of fused-ring (bicyclic) bond motifs is 2. The van der Waals surface area contributed by atoms with Gasteiger partial charge in [0.05, 0.1) is 5.52 Å². The van der Waals surface area contributed by atoms with Crippen molar-refractivity contribution < 1.29 is 0 Å². The predicted molar refractivity (Wildman–Crippen MR) is 79.1 cm³/mol. The maximum Gasteiger partial charge on any atom is 0.0708 e. The summed E-state index contributed by atoms with van der Waals surface area (Å²) in [4.78, 5) is 7.31. The van der Waals surface area contributed by atoms with Gasteiger partial charge in [0.15, 0.2) is 0 Å². The molecule has 0 fully saturated rings. The fourth-order valence-corrected chi connectivity index (χ4v) is 3.15. The zero-order valence-electron chi connectivity index (χ0n) is 10.7. The van der Waals surface area contributed by atoms with Crippen LogP contribution >= 0.6 is 12.6 Å². The van der Waals surface area contributed by atoms with E-state index in [1.165, 1.54) is 22.2 Å². The van der Waals surface area contributed by atoms with Crippen LogP contribution in [0.1, 0.15) is 23.7 Å². The fraction of sp³-hybridized carbons (Fsp3) is 0.400. The van der Waals surface area contributed by atoms with Crippen LogP contribution < -0.4 is 0 Å². The molecule has 0 atom stereocenters. The molecule has 2 heterocycles. The highest BCUT2D eigenvalue weighted by molar-refractivity contribution is 7.79. The molecule has 3 heteroatoms. The maximum absolute atomic E-state index is 4.83. The minimum Gasteiger partial charge on any atom is -0.299 e. The largest absolute Gasteiger partial charge is 0.299 e. The summed E-state index contributed by atoms with van der Waals surface area (Å²) in [5, 5.41) is 1.27. The summed E-state index contributed by atoms with van der Waals surface area (Å²) < 4.78 is 0. The van der Waals surface area contributed by atoms with Crippen LogP contribution in [0, 0.1) is 0 Å². The third-order valence-corrected chi connectivity index (χ3v) is 4.17. The molecule has 0 spiro atoms. The number of benzene rings is 1. The first-order valence-electron chi connectivity index (χ1n) is 6.56. The summed E-state index contributed by atoms with van der Waals surface area (Å²) in [5.74, 6) is 0.795. The third-order valence-electron chi connectivity index (χ3n) is 3.85. The Kier molecular flexibility index (Phi) is 3.27. The van der Waals surface area contributed by atoms with E-state index in [2.05, 4.69) is 48.7 Å². The van der Waals surface area contributed by atoms with Crippen LogP contribution in [0.5, 0.6) is 0 Å². The van der Waals surface area contributed by atoms with Gasteiger partial charge in [-0.15, -0.1) is 0 Å². The zero-order valence-corrected chi connectivity index (χ0v) is 11.6. The van der Waals surface area contributed by atoms with Crippen molar-refractivity contribution in [3.63, 3.8) is 0 Å². The Balaban J connectivity index is 2.21. The lowest BCUT2D eigenvalue weighted by atomic mass is 9.97. The minimum absolute atomic E-state index is 0.795. The molecule has 0 N–H and O–H groups in total. The number of hydrogen-bond donors (Lipinski definition) is 1. The maximum atomic E-state index is 4.83. The first-order valence-corrected chi connectivity index (χ1v) is 7.19. The van der Waals surface area contributed by atoms with Crippen LogP contribution in [-0.4, -0.2) is 23.0 Å². The van der Waals surface area contributed by atoms with Crippen molar-refractivity contribution in [1.82, 2.24) is 9.88 Å². The number of pyridine rings is 1. The molecule has 0 aliphatic carbocycles. The second kappa shape index (κ2) is 4.90. The second-order valence-corrected chi connectivity index (χ2v) is 5.13. The van der Waals surface area contributed by atoms with Crippen LogP contribution in [0.3, 0.4) is 0 Å². The normalized spacial score (nSPS) is 15.9. The van der Waals surface area contributed by atoms with E-state index in [1.807, 2.05) is 0 Å². The van der Waals surface area contributed by atoms with Crippen LogP contribution in [0.15, 0.2) is 24.3 Å². The van der Waals surface area contributed by atoms with E-state index in [-0.39, 0.29) is 0 Å². The van der Waals surface area contributed by atoms with E-state index in [1.54, 1.807) is 0 Å². The molecule has 3 rings (SSSR count). The van der Waals surface area contributed by atoms with Crippen molar-refractivity contribution in [2.24, 2.45) is 0 Å². The molecule has 18 heavy (non-hydrogen) atoms. The van der Waals surface area contributed by atoms with E-state index in [4.69, 9.17) is 4.98 Å². The van der Waals surface area contributed by atoms with Crippen molar-refractivity contribution >= 4 is 23.5 Å². The molecule has 1 aliphatic heterocycles. The van der Waals surface area contributed by atoms with Crippen LogP contribution in [-0.2, 0) is 18.7 Å². The van der Waals surface area contributed by atoms with Crippen molar-refractivity contribution in [2.75, 3.05) is 13.1 Å². The number of para-hydroxylation sites is 1. The van der Waals surface area contributed by atoms with Gasteiger partial charge >= 0.3 is 0 Å². The molecule has 1 aromatic heterocycles. The van der Waals surface area contributed by atoms with Crippen molar-refractivity contribution in [3.05, 3.63) is 41.1 Å². The highest BCUT2D eigenvalue weighted by atomic mass is 32.1. The minimum atomic E-state index is 0.795. The average molecular weight is 258 g/mol. The Labute approximate surface area is 113 Å². The molecule has 0 saturated carbocycles. The van der Waals surface area contributed by atoms with Gasteiger partial charge in [-0.1, -0.05) is 25.1 Å². The summed E-state index contributed by atoms with van der Waals surface area (Å²) in [6, 6.07) is 8.42. The number of aromatic nitrogens is 1. The van der Waals surface area contributed by atoms with Crippen molar-refractivity contribution in [3.8, 4) is 0 Å². The predicted octanol–water partition coefficient (Wildman–Crippen LogP) is 3.04. The molecule has 94 valence electrons. The summed E-state index contributed by atoms with van der Waals surface area (Å²) >= 11 is 4.53. The third kappa shape index (κ3) is 1.91. The van der Waals surface area contributed by atoms with Gasteiger partial charge in [0.25, 0.3) is 0 Å². The van der Waals surface area contributed by atoms with Crippen molar-refractivity contribution in [2.45, 2.75) is 25.6 Å². The Morgan fingerprint density at radius 1 is 1.33 bits per heavy atom. The number of likely N-dealkylation sites (N-methyl/N-ethyl adjacent to an activating group) is 1. The number of thiol groups is 1.